The quantitative estimate of drug-likeness (QED) is 0.764. The summed E-state index contributed by atoms with van der Waals surface area (Å²) in [6, 6.07) is 14.7. The zero-order valence-electron chi connectivity index (χ0n) is 15.9. The number of benzene rings is 2. The Kier molecular flexibility index (Phi) is 6.21. The molecule has 1 fully saturated rings. The summed E-state index contributed by atoms with van der Waals surface area (Å²) in [6.45, 7) is 1.99. The molecule has 0 spiro atoms. The maximum absolute atomic E-state index is 11.9. The highest BCUT2D eigenvalue weighted by molar-refractivity contribution is 7.91. The van der Waals surface area contributed by atoms with Gasteiger partial charge in [0.15, 0.2) is 9.84 Å². The molecule has 7 nitrogen and oxygen atoms in total. The molecule has 1 aliphatic rings. The molecule has 0 unspecified atom stereocenters. The minimum Gasteiger partial charge on any atom is -0.497 e. The highest BCUT2D eigenvalue weighted by atomic mass is 32.2. The summed E-state index contributed by atoms with van der Waals surface area (Å²) >= 11 is 0. The number of ether oxygens (including phenoxy) is 2. The molecular formula is C20H24N2O5S. The molecule has 1 heterocycles. The summed E-state index contributed by atoms with van der Waals surface area (Å²) in [6.07, 6.45) is 0.755. The van der Waals surface area contributed by atoms with Gasteiger partial charge in [-0.2, -0.15) is 0 Å². The van der Waals surface area contributed by atoms with Crippen LogP contribution in [0.25, 0.3) is 0 Å². The highest BCUT2D eigenvalue weighted by Crippen LogP contribution is 2.19. The Morgan fingerprint density at radius 2 is 1.68 bits per heavy atom. The van der Waals surface area contributed by atoms with Crippen LogP contribution < -0.4 is 10.1 Å². The van der Waals surface area contributed by atoms with E-state index in [-0.39, 0.29) is 11.9 Å². The number of sulfone groups is 1. The number of methoxy groups -OCH3 is 1. The van der Waals surface area contributed by atoms with Gasteiger partial charge in [0.05, 0.1) is 12.4 Å². The SMILES string of the molecule is COc1ccc(COC(=O)Nc2ccc(CN3CC(S(C)(=O)=O)C3)cc2)cc1. The van der Waals surface area contributed by atoms with E-state index >= 15 is 0 Å². The standard InChI is InChI=1S/C20H24N2O5S/c1-26-18-9-5-16(6-10-18)14-27-20(23)21-17-7-3-15(4-8-17)11-22-12-19(13-22)28(2,24)25/h3-10,19H,11-14H2,1-2H3,(H,21,23). The first kappa shape index (κ1) is 20.2. The Labute approximate surface area is 165 Å². The van der Waals surface area contributed by atoms with Crippen LogP contribution in [0.4, 0.5) is 10.5 Å². The average molecular weight is 404 g/mol. The molecule has 0 aliphatic carbocycles. The number of carbonyl (C=O) groups excluding carboxylic acids is 1. The van der Waals surface area contributed by atoms with Crippen LogP contribution in [0, 0.1) is 0 Å². The van der Waals surface area contributed by atoms with Crippen molar-refractivity contribution in [2.75, 3.05) is 31.8 Å². The zero-order valence-corrected chi connectivity index (χ0v) is 16.7. The maximum atomic E-state index is 11.9. The van der Waals surface area contributed by atoms with Gasteiger partial charge in [-0.15, -0.1) is 0 Å². The van der Waals surface area contributed by atoms with Crippen molar-refractivity contribution in [1.82, 2.24) is 4.90 Å². The summed E-state index contributed by atoms with van der Waals surface area (Å²) < 4.78 is 33.2. The van der Waals surface area contributed by atoms with E-state index in [1.165, 1.54) is 6.26 Å². The Hall–Kier alpha value is -2.58. The van der Waals surface area contributed by atoms with Crippen LogP contribution in [0.2, 0.25) is 0 Å². The van der Waals surface area contributed by atoms with Gasteiger partial charge in [0.2, 0.25) is 0 Å². The van der Waals surface area contributed by atoms with Crippen molar-refractivity contribution >= 4 is 21.6 Å². The van der Waals surface area contributed by atoms with Gasteiger partial charge in [-0.25, -0.2) is 13.2 Å². The Morgan fingerprint density at radius 1 is 1.07 bits per heavy atom. The van der Waals surface area contributed by atoms with Crippen LogP contribution in [0.5, 0.6) is 5.75 Å². The molecule has 0 atom stereocenters. The maximum Gasteiger partial charge on any atom is 0.411 e. The van der Waals surface area contributed by atoms with E-state index in [9.17, 15) is 13.2 Å². The Morgan fingerprint density at radius 3 is 2.25 bits per heavy atom. The number of carbonyl (C=O) groups is 1. The van der Waals surface area contributed by atoms with Gasteiger partial charge in [-0.3, -0.25) is 10.2 Å². The van der Waals surface area contributed by atoms with Crippen LogP contribution in [0.1, 0.15) is 11.1 Å². The number of hydrogen-bond acceptors (Lipinski definition) is 6. The van der Waals surface area contributed by atoms with Gasteiger partial charge in [0.1, 0.15) is 12.4 Å². The van der Waals surface area contributed by atoms with E-state index < -0.39 is 15.9 Å². The number of likely N-dealkylation sites (tertiary alicyclic amines) is 1. The van der Waals surface area contributed by atoms with E-state index in [4.69, 9.17) is 9.47 Å². The lowest BCUT2D eigenvalue weighted by atomic mass is 10.1. The second-order valence-corrected chi connectivity index (χ2v) is 9.22. The molecule has 0 saturated carbocycles. The molecule has 0 radical (unpaired) electrons. The molecule has 1 N–H and O–H groups in total. The smallest absolute Gasteiger partial charge is 0.411 e. The lowest BCUT2D eigenvalue weighted by Gasteiger charge is -2.37. The molecule has 8 heteroatoms. The molecule has 2 aromatic rings. The minimum absolute atomic E-state index is 0.171. The van der Waals surface area contributed by atoms with Crippen molar-refractivity contribution in [3.05, 3.63) is 59.7 Å². The van der Waals surface area contributed by atoms with Crippen LogP contribution >= 0.6 is 0 Å². The molecule has 1 amide bonds. The number of amides is 1. The number of rotatable bonds is 7. The van der Waals surface area contributed by atoms with Crippen molar-refractivity contribution in [1.29, 1.82) is 0 Å². The fourth-order valence-corrected chi connectivity index (χ4v) is 3.86. The Bertz CT molecular complexity index is 905. The minimum atomic E-state index is -2.95. The van der Waals surface area contributed by atoms with Crippen LogP contribution in [-0.2, 0) is 27.7 Å². The van der Waals surface area contributed by atoms with Crippen molar-refractivity contribution in [2.45, 2.75) is 18.4 Å². The summed E-state index contributed by atoms with van der Waals surface area (Å²) in [5.74, 6) is 0.748. The van der Waals surface area contributed by atoms with Gasteiger partial charge >= 0.3 is 6.09 Å². The van der Waals surface area contributed by atoms with Crippen LogP contribution in [0.3, 0.4) is 0 Å². The summed E-state index contributed by atoms with van der Waals surface area (Å²) in [5, 5.41) is 2.44. The Balaban J connectivity index is 1.43. The molecule has 2 aromatic carbocycles. The van der Waals surface area contributed by atoms with E-state index in [2.05, 4.69) is 10.2 Å². The number of hydrogen-bond donors (Lipinski definition) is 1. The largest absolute Gasteiger partial charge is 0.497 e. The van der Waals surface area contributed by atoms with Crippen LogP contribution in [0.15, 0.2) is 48.5 Å². The van der Waals surface area contributed by atoms with Gasteiger partial charge in [-0.05, 0) is 35.4 Å². The van der Waals surface area contributed by atoms with Gasteiger partial charge in [0.25, 0.3) is 0 Å². The van der Waals surface area contributed by atoms with E-state index in [0.29, 0.717) is 25.3 Å². The predicted molar refractivity (Wildman–Crippen MR) is 107 cm³/mol. The number of nitrogens with zero attached hydrogens (tertiary/aromatic N) is 1. The normalized spacial score (nSPS) is 14.9. The second kappa shape index (κ2) is 8.62. The van der Waals surface area contributed by atoms with E-state index in [1.807, 2.05) is 36.4 Å². The third-order valence-corrected chi connectivity index (χ3v) is 6.17. The lowest BCUT2D eigenvalue weighted by molar-refractivity contribution is 0.155. The molecule has 0 bridgehead atoms. The molecule has 1 saturated heterocycles. The topological polar surface area (TPSA) is 84.9 Å². The third kappa shape index (κ3) is 5.46. The van der Waals surface area contributed by atoms with Crippen molar-refractivity contribution in [3.8, 4) is 5.75 Å². The zero-order chi connectivity index (χ0) is 20.1. The van der Waals surface area contributed by atoms with E-state index in [1.54, 1.807) is 19.2 Å². The fraction of sp³-hybridized carbons (Fsp3) is 0.350. The summed E-state index contributed by atoms with van der Waals surface area (Å²) in [5.41, 5.74) is 2.57. The van der Waals surface area contributed by atoms with Crippen molar-refractivity contribution in [3.63, 3.8) is 0 Å². The first-order valence-corrected chi connectivity index (χ1v) is 10.9. The molecule has 28 heavy (non-hydrogen) atoms. The summed E-state index contributed by atoms with van der Waals surface area (Å²) in [7, 11) is -1.35. The van der Waals surface area contributed by atoms with Gasteiger partial charge < -0.3 is 9.47 Å². The molecule has 3 rings (SSSR count). The molecule has 1 aliphatic heterocycles. The van der Waals surface area contributed by atoms with Gasteiger partial charge in [0, 0.05) is 31.6 Å². The first-order valence-electron chi connectivity index (χ1n) is 8.90. The number of nitrogens with one attached hydrogen (secondary N) is 1. The molecule has 150 valence electrons. The number of anilines is 1. The molecular weight excluding hydrogens is 380 g/mol. The highest BCUT2D eigenvalue weighted by Gasteiger charge is 2.34. The van der Waals surface area contributed by atoms with E-state index in [0.717, 1.165) is 16.9 Å². The lowest BCUT2D eigenvalue weighted by Crippen LogP contribution is -2.53. The third-order valence-electron chi connectivity index (χ3n) is 4.66. The van der Waals surface area contributed by atoms with Crippen molar-refractivity contribution in [2.24, 2.45) is 0 Å². The average Bonchev–Trinajstić information content (AvgIpc) is 2.63. The fourth-order valence-electron chi connectivity index (χ4n) is 2.90. The summed E-state index contributed by atoms with van der Waals surface area (Å²) in [4.78, 5) is 14.0. The van der Waals surface area contributed by atoms with Crippen molar-refractivity contribution < 1.29 is 22.7 Å². The van der Waals surface area contributed by atoms with Gasteiger partial charge in [-0.1, -0.05) is 24.3 Å². The van der Waals surface area contributed by atoms with Crippen LogP contribution in [-0.4, -0.2) is 51.1 Å². The first-order chi connectivity index (χ1) is 13.3. The monoisotopic (exact) mass is 404 g/mol. The second-order valence-electron chi connectivity index (χ2n) is 6.89. The molecule has 0 aromatic heterocycles. The predicted octanol–water partition coefficient (Wildman–Crippen LogP) is 2.67.